The first-order chi connectivity index (χ1) is 12.7. The van der Waals surface area contributed by atoms with E-state index in [0.717, 1.165) is 5.56 Å². The van der Waals surface area contributed by atoms with Crippen LogP contribution in [0.5, 0.6) is 0 Å². The van der Waals surface area contributed by atoms with Crippen molar-refractivity contribution < 1.29 is 4.79 Å². The summed E-state index contributed by atoms with van der Waals surface area (Å²) < 4.78 is 0. The lowest BCUT2D eigenvalue weighted by molar-refractivity contribution is 0.0934. The van der Waals surface area contributed by atoms with Gasteiger partial charge < -0.3 is 10.6 Å². The maximum Gasteiger partial charge on any atom is 0.270 e. The molecule has 128 valence electrons. The number of nitrogens with zero attached hydrogens (tertiary/aromatic N) is 3. The zero-order chi connectivity index (χ0) is 18.4. The van der Waals surface area contributed by atoms with Crippen molar-refractivity contribution in [3.8, 4) is 6.07 Å². The number of carbonyl (C=O) groups is 1. The number of nitrogens with one attached hydrogen (secondary N) is 2. The van der Waals surface area contributed by atoms with Crippen LogP contribution in [0.3, 0.4) is 0 Å². The van der Waals surface area contributed by atoms with Crippen molar-refractivity contribution in [3.05, 3.63) is 83.8 Å². The molecule has 0 spiro atoms. The highest BCUT2D eigenvalue weighted by atomic mass is 16.1. The maximum absolute atomic E-state index is 12.5. The lowest BCUT2D eigenvalue weighted by Crippen LogP contribution is -2.27. The third-order valence-electron chi connectivity index (χ3n) is 3.86. The van der Waals surface area contributed by atoms with Crippen LogP contribution in [0.25, 0.3) is 0 Å². The number of hydrogen-bond acceptors (Lipinski definition) is 5. The van der Waals surface area contributed by atoms with Crippen LogP contribution < -0.4 is 10.6 Å². The van der Waals surface area contributed by atoms with Crippen molar-refractivity contribution >= 4 is 17.4 Å². The van der Waals surface area contributed by atoms with Crippen LogP contribution in [0.2, 0.25) is 0 Å². The number of benzene rings is 2. The maximum atomic E-state index is 12.5. The Balaban J connectivity index is 1.74. The van der Waals surface area contributed by atoms with E-state index in [1.165, 1.54) is 6.33 Å². The van der Waals surface area contributed by atoms with Crippen molar-refractivity contribution in [3.63, 3.8) is 0 Å². The molecular formula is C20H17N5O. The molecule has 1 unspecified atom stereocenters. The number of para-hydroxylation sites is 1. The molecule has 3 rings (SSSR count). The van der Waals surface area contributed by atoms with Crippen molar-refractivity contribution in [2.75, 3.05) is 5.32 Å². The molecule has 0 aliphatic rings. The number of rotatable bonds is 5. The Morgan fingerprint density at radius 1 is 1.08 bits per heavy atom. The second-order valence-corrected chi connectivity index (χ2v) is 5.68. The minimum atomic E-state index is -0.291. The second kappa shape index (κ2) is 7.90. The zero-order valence-electron chi connectivity index (χ0n) is 14.2. The summed E-state index contributed by atoms with van der Waals surface area (Å²) in [6, 6.07) is 20.3. The van der Waals surface area contributed by atoms with Crippen LogP contribution in [0.4, 0.5) is 11.5 Å². The van der Waals surface area contributed by atoms with Crippen LogP contribution in [0.15, 0.2) is 67.0 Å². The SMILES string of the molecule is CC(NC(=O)c1cc(Nc2ccccc2C#N)ncn1)c1ccccc1. The molecule has 26 heavy (non-hydrogen) atoms. The van der Waals surface area contributed by atoms with E-state index in [4.69, 9.17) is 5.26 Å². The Hall–Kier alpha value is -3.72. The normalized spacial score (nSPS) is 11.2. The third kappa shape index (κ3) is 4.02. The van der Waals surface area contributed by atoms with Gasteiger partial charge >= 0.3 is 0 Å². The molecule has 6 heteroatoms. The minimum Gasteiger partial charge on any atom is -0.344 e. The van der Waals surface area contributed by atoms with E-state index in [9.17, 15) is 4.79 Å². The Bertz CT molecular complexity index is 950. The first kappa shape index (κ1) is 17.1. The molecule has 1 aromatic heterocycles. The smallest absolute Gasteiger partial charge is 0.270 e. The van der Waals surface area contributed by atoms with Gasteiger partial charge in [0.25, 0.3) is 5.91 Å². The van der Waals surface area contributed by atoms with Gasteiger partial charge in [0, 0.05) is 6.07 Å². The van der Waals surface area contributed by atoms with Gasteiger partial charge in [-0.2, -0.15) is 5.26 Å². The fraction of sp³-hybridized carbons (Fsp3) is 0.100. The average Bonchev–Trinajstić information content (AvgIpc) is 2.69. The van der Waals surface area contributed by atoms with Gasteiger partial charge in [-0.25, -0.2) is 9.97 Å². The van der Waals surface area contributed by atoms with Crippen LogP contribution in [-0.4, -0.2) is 15.9 Å². The fourth-order valence-corrected chi connectivity index (χ4v) is 2.47. The van der Waals surface area contributed by atoms with E-state index in [2.05, 4.69) is 26.7 Å². The first-order valence-electron chi connectivity index (χ1n) is 8.11. The molecule has 1 amide bonds. The minimum absolute atomic E-state index is 0.144. The highest BCUT2D eigenvalue weighted by Gasteiger charge is 2.13. The number of carbonyl (C=O) groups excluding carboxylic acids is 1. The highest BCUT2D eigenvalue weighted by Crippen LogP contribution is 2.19. The second-order valence-electron chi connectivity index (χ2n) is 5.68. The topological polar surface area (TPSA) is 90.7 Å². The Morgan fingerprint density at radius 3 is 2.58 bits per heavy atom. The molecule has 0 bridgehead atoms. The lowest BCUT2D eigenvalue weighted by atomic mass is 10.1. The van der Waals surface area contributed by atoms with Gasteiger partial charge in [-0.05, 0) is 24.6 Å². The summed E-state index contributed by atoms with van der Waals surface area (Å²) in [5.41, 5.74) is 2.38. The van der Waals surface area contributed by atoms with E-state index in [1.54, 1.807) is 24.3 Å². The fourth-order valence-electron chi connectivity index (χ4n) is 2.47. The molecule has 3 aromatic rings. The van der Waals surface area contributed by atoms with Gasteiger partial charge in [-0.3, -0.25) is 4.79 Å². The van der Waals surface area contributed by atoms with E-state index in [0.29, 0.717) is 17.1 Å². The zero-order valence-corrected chi connectivity index (χ0v) is 14.2. The Labute approximate surface area is 151 Å². The molecule has 2 N–H and O–H groups in total. The summed E-state index contributed by atoms with van der Waals surface area (Å²) in [5.74, 6) is 0.153. The molecule has 1 atom stereocenters. The Morgan fingerprint density at radius 2 is 1.81 bits per heavy atom. The monoisotopic (exact) mass is 343 g/mol. The summed E-state index contributed by atoms with van der Waals surface area (Å²) in [4.78, 5) is 20.6. The number of aromatic nitrogens is 2. The van der Waals surface area contributed by atoms with Gasteiger partial charge in [-0.1, -0.05) is 42.5 Å². The number of hydrogen-bond donors (Lipinski definition) is 2. The molecule has 6 nitrogen and oxygen atoms in total. The summed E-state index contributed by atoms with van der Waals surface area (Å²) in [5, 5.41) is 15.1. The molecule has 0 saturated heterocycles. The lowest BCUT2D eigenvalue weighted by Gasteiger charge is -2.14. The van der Waals surface area contributed by atoms with Crippen molar-refractivity contribution in [1.82, 2.24) is 15.3 Å². The van der Waals surface area contributed by atoms with Gasteiger partial charge in [0.15, 0.2) is 0 Å². The molecule has 0 saturated carbocycles. The van der Waals surface area contributed by atoms with Crippen LogP contribution in [0.1, 0.15) is 34.6 Å². The van der Waals surface area contributed by atoms with E-state index in [-0.39, 0.29) is 17.6 Å². The molecule has 2 aromatic carbocycles. The predicted molar refractivity (Wildman–Crippen MR) is 98.8 cm³/mol. The number of amides is 1. The largest absolute Gasteiger partial charge is 0.344 e. The van der Waals surface area contributed by atoms with E-state index >= 15 is 0 Å². The highest BCUT2D eigenvalue weighted by molar-refractivity contribution is 5.93. The van der Waals surface area contributed by atoms with E-state index in [1.807, 2.05) is 43.3 Å². The summed E-state index contributed by atoms with van der Waals surface area (Å²) in [6.45, 7) is 1.91. The molecule has 0 aliphatic carbocycles. The predicted octanol–water partition coefficient (Wildman–Crippen LogP) is 3.58. The van der Waals surface area contributed by atoms with Gasteiger partial charge in [0.2, 0.25) is 0 Å². The standard InChI is InChI=1S/C20H17N5O/c1-14(15-7-3-2-4-8-15)24-20(26)18-11-19(23-13-22-18)25-17-10-6-5-9-16(17)12-21/h2-11,13-14H,1H3,(H,24,26)(H,22,23,25). The number of nitriles is 1. The molecule has 0 radical (unpaired) electrons. The third-order valence-corrected chi connectivity index (χ3v) is 3.86. The molecular weight excluding hydrogens is 326 g/mol. The van der Waals surface area contributed by atoms with Crippen LogP contribution >= 0.6 is 0 Å². The number of anilines is 2. The van der Waals surface area contributed by atoms with Gasteiger partial charge in [0.1, 0.15) is 23.9 Å². The van der Waals surface area contributed by atoms with Gasteiger partial charge in [-0.15, -0.1) is 0 Å². The molecule has 0 fully saturated rings. The first-order valence-corrected chi connectivity index (χ1v) is 8.11. The van der Waals surface area contributed by atoms with E-state index < -0.39 is 0 Å². The van der Waals surface area contributed by atoms with Crippen molar-refractivity contribution in [1.29, 1.82) is 5.26 Å². The summed E-state index contributed by atoms with van der Waals surface area (Å²) in [7, 11) is 0. The van der Waals surface area contributed by atoms with Crippen molar-refractivity contribution in [2.24, 2.45) is 0 Å². The molecule has 1 heterocycles. The quantitative estimate of drug-likeness (QED) is 0.739. The summed E-state index contributed by atoms with van der Waals surface area (Å²) >= 11 is 0. The van der Waals surface area contributed by atoms with Crippen LogP contribution in [0, 0.1) is 11.3 Å². The Kier molecular flexibility index (Phi) is 5.20. The average molecular weight is 343 g/mol. The van der Waals surface area contributed by atoms with Crippen molar-refractivity contribution in [2.45, 2.75) is 13.0 Å². The van der Waals surface area contributed by atoms with Gasteiger partial charge in [0.05, 0.1) is 17.3 Å². The molecule has 0 aliphatic heterocycles. The summed E-state index contributed by atoms with van der Waals surface area (Å²) in [6.07, 6.45) is 1.32. The van der Waals surface area contributed by atoms with Crippen LogP contribution in [-0.2, 0) is 0 Å².